The molecule has 0 aromatic heterocycles. The summed E-state index contributed by atoms with van der Waals surface area (Å²) >= 11 is 0. The van der Waals surface area contributed by atoms with Gasteiger partial charge in [0.15, 0.2) is 0 Å². The summed E-state index contributed by atoms with van der Waals surface area (Å²) in [7, 11) is 0. The van der Waals surface area contributed by atoms with Crippen molar-refractivity contribution >= 4 is 23.2 Å². The summed E-state index contributed by atoms with van der Waals surface area (Å²) in [4.78, 5) is 28.3. The molecule has 136 valence electrons. The molecule has 1 N–H and O–H groups in total. The molecule has 0 radical (unpaired) electrons. The van der Waals surface area contributed by atoms with Gasteiger partial charge in [0, 0.05) is 49.9 Å². The molecular weight excluding hydrogens is 314 g/mol. The number of nitrogens with zero attached hydrogens (tertiary/aromatic N) is 2. The van der Waals surface area contributed by atoms with Gasteiger partial charge in [0.2, 0.25) is 11.8 Å². The first-order valence-corrected chi connectivity index (χ1v) is 9.61. The highest BCUT2D eigenvalue weighted by Crippen LogP contribution is 2.30. The van der Waals surface area contributed by atoms with Gasteiger partial charge in [-0.3, -0.25) is 9.59 Å². The normalized spacial score (nSPS) is 17.5. The Morgan fingerprint density at radius 2 is 1.72 bits per heavy atom. The third-order valence-electron chi connectivity index (χ3n) is 5.07. The van der Waals surface area contributed by atoms with Crippen LogP contribution in [0.25, 0.3) is 0 Å². The van der Waals surface area contributed by atoms with Gasteiger partial charge in [-0.1, -0.05) is 19.8 Å². The van der Waals surface area contributed by atoms with Gasteiger partial charge in [-0.2, -0.15) is 0 Å². The summed E-state index contributed by atoms with van der Waals surface area (Å²) in [5, 5.41) is 2.97. The van der Waals surface area contributed by atoms with Gasteiger partial charge in [-0.25, -0.2) is 0 Å². The van der Waals surface area contributed by atoms with Crippen molar-refractivity contribution in [1.82, 2.24) is 4.90 Å². The third kappa shape index (κ3) is 4.97. The topological polar surface area (TPSA) is 52.7 Å². The Bertz CT molecular complexity index is 587. The molecule has 2 aliphatic rings. The van der Waals surface area contributed by atoms with Gasteiger partial charge in [0.05, 0.1) is 0 Å². The summed E-state index contributed by atoms with van der Waals surface area (Å²) in [5.74, 6) is 0.664. The zero-order valence-electron chi connectivity index (χ0n) is 15.2. The molecule has 0 bridgehead atoms. The van der Waals surface area contributed by atoms with Crippen LogP contribution < -0.4 is 10.2 Å². The van der Waals surface area contributed by atoms with Crippen LogP contribution in [0.5, 0.6) is 0 Å². The van der Waals surface area contributed by atoms with Crippen LogP contribution >= 0.6 is 0 Å². The molecule has 1 aliphatic heterocycles. The lowest BCUT2D eigenvalue weighted by molar-refractivity contribution is -0.131. The Morgan fingerprint density at radius 3 is 2.32 bits per heavy atom. The molecule has 0 atom stereocenters. The summed E-state index contributed by atoms with van der Waals surface area (Å²) < 4.78 is 0. The maximum Gasteiger partial charge on any atom is 0.227 e. The minimum Gasteiger partial charge on any atom is -0.368 e. The minimum atomic E-state index is 0.142. The van der Waals surface area contributed by atoms with Crippen molar-refractivity contribution < 1.29 is 9.59 Å². The van der Waals surface area contributed by atoms with Crippen molar-refractivity contribution in [2.45, 2.75) is 45.4 Å². The fraction of sp³-hybridized carbons (Fsp3) is 0.600. The van der Waals surface area contributed by atoms with Crippen LogP contribution in [0.15, 0.2) is 24.3 Å². The van der Waals surface area contributed by atoms with Crippen molar-refractivity contribution in [2.24, 2.45) is 5.92 Å². The largest absolute Gasteiger partial charge is 0.368 e. The van der Waals surface area contributed by atoms with E-state index in [4.69, 9.17) is 0 Å². The zero-order valence-corrected chi connectivity index (χ0v) is 15.2. The van der Waals surface area contributed by atoms with E-state index < -0.39 is 0 Å². The summed E-state index contributed by atoms with van der Waals surface area (Å²) in [6.07, 6.45) is 6.01. The predicted octanol–water partition coefficient (Wildman–Crippen LogP) is 3.26. The second-order valence-corrected chi connectivity index (χ2v) is 7.14. The molecular formula is C20H29N3O2. The number of piperazine rings is 1. The molecule has 1 saturated carbocycles. The van der Waals surface area contributed by atoms with E-state index >= 15 is 0 Å². The van der Waals surface area contributed by atoms with Crippen molar-refractivity contribution in [3.63, 3.8) is 0 Å². The van der Waals surface area contributed by atoms with Gasteiger partial charge >= 0.3 is 0 Å². The fourth-order valence-corrected chi connectivity index (χ4v) is 3.24. The summed E-state index contributed by atoms with van der Waals surface area (Å²) in [5.41, 5.74) is 2.02. The molecule has 0 spiro atoms. The Kier molecular flexibility index (Phi) is 5.95. The SMILES string of the molecule is CCCCCC(=O)N1CCN(c2ccc(NC(=O)C3CC3)cc2)CC1. The molecule has 0 unspecified atom stereocenters. The summed E-state index contributed by atoms with van der Waals surface area (Å²) in [6.45, 7) is 5.49. The molecule has 1 aliphatic carbocycles. The third-order valence-corrected chi connectivity index (χ3v) is 5.07. The van der Waals surface area contributed by atoms with Gasteiger partial charge < -0.3 is 15.1 Å². The van der Waals surface area contributed by atoms with Gasteiger partial charge in [0.1, 0.15) is 0 Å². The predicted molar refractivity (Wildman–Crippen MR) is 101 cm³/mol. The lowest BCUT2D eigenvalue weighted by Crippen LogP contribution is -2.48. The number of benzene rings is 1. The van der Waals surface area contributed by atoms with E-state index in [2.05, 4.69) is 29.3 Å². The Balaban J connectivity index is 1.45. The van der Waals surface area contributed by atoms with E-state index in [1.54, 1.807) is 0 Å². The molecule has 1 heterocycles. The highest BCUT2D eigenvalue weighted by Gasteiger charge is 2.29. The molecule has 2 amide bonds. The number of carbonyl (C=O) groups excluding carboxylic acids is 2. The minimum absolute atomic E-state index is 0.142. The van der Waals surface area contributed by atoms with Crippen LogP contribution in [-0.4, -0.2) is 42.9 Å². The number of unbranched alkanes of at least 4 members (excludes halogenated alkanes) is 2. The molecule has 25 heavy (non-hydrogen) atoms. The molecule has 1 aromatic rings. The first-order valence-electron chi connectivity index (χ1n) is 9.61. The van der Waals surface area contributed by atoms with Crippen molar-refractivity contribution in [1.29, 1.82) is 0 Å². The lowest BCUT2D eigenvalue weighted by atomic mass is 10.1. The Labute approximate surface area is 150 Å². The first kappa shape index (κ1) is 17.8. The van der Waals surface area contributed by atoms with E-state index in [1.165, 1.54) is 0 Å². The number of rotatable bonds is 7. The highest BCUT2D eigenvalue weighted by atomic mass is 16.2. The van der Waals surface area contributed by atoms with Crippen LogP contribution in [0.1, 0.15) is 45.4 Å². The van der Waals surface area contributed by atoms with Gasteiger partial charge in [0.25, 0.3) is 0 Å². The molecule has 5 nitrogen and oxygen atoms in total. The van der Waals surface area contributed by atoms with Crippen LogP contribution in [0.2, 0.25) is 0 Å². The Morgan fingerprint density at radius 1 is 1.04 bits per heavy atom. The first-order chi connectivity index (χ1) is 12.2. The molecule has 1 aromatic carbocycles. The molecule has 3 rings (SSSR count). The molecule has 1 saturated heterocycles. The second-order valence-electron chi connectivity index (χ2n) is 7.14. The quantitative estimate of drug-likeness (QED) is 0.773. The van der Waals surface area contributed by atoms with Crippen LogP contribution in [0.4, 0.5) is 11.4 Å². The van der Waals surface area contributed by atoms with Crippen LogP contribution in [0.3, 0.4) is 0 Å². The second kappa shape index (κ2) is 8.37. The standard InChI is InChI=1S/C20H29N3O2/c1-2-3-4-5-19(24)23-14-12-22(13-15-23)18-10-8-17(9-11-18)21-20(25)16-6-7-16/h8-11,16H,2-7,12-15H2,1H3,(H,21,25). The van der Waals surface area contributed by atoms with E-state index in [1.807, 2.05) is 17.0 Å². The number of carbonyl (C=O) groups is 2. The maximum absolute atomic E-state index is 12.2. The highest BCUT2D eigenvalue weighted by molar-refractivity contribution is 5.94. The van der Waals surface area contributed by atoms with E-state index in [9.17, 15) is 9.59 Å². The summed E-state index contributed by atoms with van der Waals surface area (Å²) in [6, 6.07) is 8.05. The lowest BCUT2D eigenvalue weighted by Gasteiger charge is -2.36. The van der Waals surface area contributed by atoms with Crippen molar-refractivity contribution in [3.05, 3.63) is 24.3 Å². The van der Waals surface area contributed by atoms with E-state index in [0.29, 0.717) is 12.3 Å². The van der Waals surface area contributed by atoms with Crippen LogP contribution in [0, 0.1) is 5.92 Å². The van der Waals surface area contributed by atoms with Crippen molar-refractivity contribution in [2.75, 3.05) is 36.4 Å². The van der Waals surface area contributed by atoms with Crippen molar-refractivity contribution in [3.8, 4) is 0 Å². The number of hydrogen-bond acceptors (Lipinski definition) is 3. The number of amides is 2. The molecule has 5 heteroatoms. The molecule has 2 fully saturated rings. The van der Waals surface area contributed by atoms with E-state index in [0.717, 1.165) is 69.7 Å². The zero-order chi connectivity index (χ0) is 17.6. The number of hydrogen-bond donors (Lipinski definition) is 1. The van der Waals surface area contributed by atoms with Gasteiger partial charge in [-0.05, 0) is 43.5 Å². The smallest absolute Gasteiger partial charge is 0.227 e. The monoisotopic (exact) mass is 343 g/mol. The van der Waals surface area contributed by atoms with E-state index in [-0.39, 0.29) is 11.8 Å². The maximum atomic E-state index is 12.2. The number of anilines is 2. The fourth-order valence-electron chi connectivity index (χ4n) is 3.24. The average molecular weight is 343 g/mol. The Hall–Kier alpha value is -2.04. The van der Waals surface area contributed by atoms with Gasteiger partial charge in [-0.15, -0.1) is 0 Å². The average Bonchev–Trinajstić information content (AvgIpc) is 3.48. The van der Waals surface area contributed by atoms with Crippen LogP contribution in [-0.2, 0) is 9.59 Å². The number of nitrogens with one attached hydrogen (secondary N) is 1.